The number of methoxy groups -OCH3 is 1. The molecule has 1 aliphatic carbocycles. The Morgan fingerprint density at radius 3 is 2.17 bits per heavy atom. The Hall–Kier alpha value is -3.56. The summed E-state index contributed by atoms with van der Waals surface area (Å²) in [6.45, 7) is -0.375. The molecule has 0 aromatic heterocycles. The molecule has 0 bridgehead atoms. The van der Waals surface area contributed by atoms with Crippen LogP contribution in [0.1, 0.15) is 34.3 Å². The van der Waals surface area contributed by atoms with Crippen LogP contribution in [0.2, 0.25) is 0 Å². The van der Waals surface area contributed by atoms with Crippen LogP contribution in [0.3, 0.4) is 0 Å². The number of hydrogen-bond acceptors (Lipinski definition) is 5. The first kappa shape index (κ1) is 24.6. The summed E-state index contributed by atoms with van der Waals surface area (Å²) in [5, 5.41) is 23.0. The summed E-state index contributed by atoms with van der Waals surface area (Å²) < 4.78 is 49.6. The summed E-state index contributed by atoms with van der Waals surface area (Å²) in [7, 11) is 1.20. The number of fused-ring (bicyclic) bond motifs is 3. The van der Waals surface area contributed by atoms with Crippen LogP contribution in [0.5, 0.6) is 5.75 Å². The fourth-order valence-corrected chi connectivity index (χ4v) is 4.25. The number of halogens is 3. The van der Waals surface area contributed by atoms with Gasteiger partial charge in [-0.15, -0.1) is 0 Å². The molecule has 35 heavy (non-hydrogen) atoms. The van der Waals surface area contributed by atoms with Crippen LogP contribution in [-0.4, -0.2) is 42.7 Å². The smallest absolute Gasteiger partial charge is 0.416 e. The number of rotatable bonds is 7. The molecule has 3 N–H and O–H groups in total. The van der Waals surface area contributed by atoms with Crippen LogP contribution in [0.25, 0.3) is 11.1 Å². The third kappa shape index (κ3) is 5.26. The molecule has 3 aromatic rings. The summed E-state index contributed by atoms with van der Waals surface area (Å²) in [5.74, 6) is -0.271. The van der Waals surface area contributed by atoms with Gasteiger partial charge in [-0.1, -0.05) is 48.5 Å². The minimum atomic E-state index is -4.66. The minimum Gasteiger partial charge on any atom is -0.497 e. The molecule has 1 amide bonds. The number of hydrogen-bond donors (Lipinski definition) is 3. The van der Waals surface area contributed by atoms with Crippen molar-refractivity contribution in [3.05, 3.63) is 89.0 Å². The quantitative estimate of drug-likeness (QED) is 0.452. The van der Waals surface area contributed by atoms with E-state index in [9.17, 15) is 28.2 Å². The van der Waals surface area contributed by atoms with Gasteiger partial charge >= 0.3 is 12.3 Å². The second-order valence-corrected chi connectivity index (χ2v) is 8.21. The van der Waals surface area contributed by atoms with E-state index in [4.69, 9.17) is 9.47 Å². The van der Waals surface area contributed by atoms with Gasteiger partial charge in [0.25, 0.3) is 0 Å². The second-order valence-electron chi connectivity index (χ2n) is 8.21. The van der Waals surface area contributed by atoms with E-state index in [0.29, 0.717) is 0 Å². The maximum absolute atomic E-state index is 13.1. The molecule has 1 aliphatic rings. The molecule has 0 spiro atoms. The second kappa shape index (κ2) is 9.97. The van der Waals surface area contributed by atoms with Crippen molar-refractivity contribution in [2.24, 2.45) is 0 Å². The van der Waals surface area contributed by atoms with Crippen molar-refractivity contribution in [1.82, 2.24) is 5.32 Å². The number of alkyl carbamates (subject to hydrolysis) is 1. The summed E-state index contributed by atoms with van der Waals surface area (Å²) >= 11 is 0. The van der Waals surface area contributed by atoms with Gasteiger partial charge in [0.1, 0.15) is 24.6 Å². The van der Waals surface area contributed by atoms with Crippen LogP contribution in [0, 0.1) is 0 Å². The fraction of sp³-hybridized carbons (Fsp3) is 0.269. The maximum atomic E-state index is 13.1. The van der Waals surface area contributed by atoms with Crippen molar-refractivity contribution in [2.75, 3.05) is 20.3 Å². The minimum absolute atomic E-state index is 0.0589. The van der Waals surface area contributed by atoms with Gasteiger partial charge < -0.3 is 25.0 Å². The monoisotopic (exact) mass is 487 g/mol. The van der Waals surface area contributed by atoms with Crippen LogP contribution in [0.4, 0.5) is 18.0 Å². The van der Waals surface area contributed by atoms with Gasteiger partial charge in [-0.3, -0.25) is 0 Å². The Morgan fingerprint density at radius 1 is 1.00 bits per heavy atom. The van der Waals surface area contributed by atoms with Crippen LogP contribution in [0.15, 0.2) is 66.7 Å². The number of aliphatic hydroxyl groups excluding tert-OH is 2. The summed E-state index contributed by atoms with van der Waals surface area (Å²) in [4.78, 5) is 12.3. The zero-order valence-electron chi connectivity index (χ0n) is 18.8. The Kier molecular flexibility index (Phi) is 7.00. The predicted octanol–water partition coefficient (Wildman–Crippen LogP) is 4.65. The van der Waals surface area contributed by atoms with Gasteiger partial charge in [-0.25, -0.2) is 4.79 Å². The highest BCUT2D eigenvalue weighted by Crippen LogP contribution is 2.44. The van der Waals surface area contributed by atoms with Crippen LogP contribution in [-0.2, 0) is 10.9 Å². The van der Waals surface area contributed by atoms with E-state index in [0.717, 1.165) is 34.4 Å². The molecule has 3 aromatic carbocycles. The average molecular weight is 487 g/mol. The van der Waals surface area contributed by atoms with E-state index in [1.807, 2.05) is 48.5 Å². The van der Waals surface area contributed by atoms with E-state index in [-0.39, 0.29) is 23.8 Å². The Balaban J connectivity index is 1.37. The molecule has 4 rings (SSSR count). The third-order valence-corrected chi connectivity index (χ3v) is 6.00. The van der Waals surface area contributed by atoms with Gasteiger partial charge in [0.2, 0.25) is 0 Å². The number of benzene rings is 3. The molecule has 2 atom stereocenters. The third-order valence-electron chi connectivity index (χ3n) is 6.00. The molecule has 184 valence electrons. The van der Waals surface area contributed by atoms with Gasteiger partial charge in [-0.05, 0) is 46.0 Å². The van der Waals surface area contributed by atoms with Gasteiger partial charge in [-0.2, -0.15) is 13.2 Å². The Bertz CT molecular complexity index is 1170. The number of amides is 1. The highest BCUT2D eigenvalue weighted by molar-refractivity contribution is 5.79. The lowest BCUT2D eigenvalue weighted by Crippen LogP contribution is -2.36. The predicted molar refractivity (Wildman–Crippen MR) is 122 cm³/mol. The van der Waals surface area contributed by atoms with Gasteiger partial charge in [0, 0.05) is 12.5 Å². The van der Waals surface area contributed by atoms with Crippen molar-refractivity contribution >= 4 is 6.09 Å². The SMILES string of the molecule is COc1cc(C(O)C(O)CNC(=O)OCC2c3ccccc3-c3ccccc32)cc(C(F)(F)F)c1. The number of nitrogens with one attached hydrogen (secondary N) is 1. The zero-order valence-corrected chi connectivity index (χ0v) is 18.8. The molecule has 0 saturated carbocycles. The van der Waals surface area contributed by atoms with E-state index < -0.39 is 36.6 Å². The summed E-state index contributed by atoms with van der Waals surface area (Å²) in [5.41, 5.74) is 3.01. The first-order chi connectivity index (χ1) is 16.7. The van der Waals surface area contributed by atoms with Crippen molar-refractivity contribution in [2.45, 2.75) is 24.3 Å². The number of carbonyl (C=O) groups excluding carboxylic acids is 1. The largest absolute Gasteiger partial charge is 0.497 e. The van der Waals surface area contributed by atoms with Crippen molar-refractivity contribution in [3.8, 4) is 16.9 Å². The highest BCUT2D eigenvalue weighted by Gasteiger charge is 2.33. The molecule has 0 fully saturated rings. The summed E-state index contributed by atoms with van der Waals surface area (Å²) in [6.07, 6.45) is -8.75. The molecular weight excluding hydrogens is 463 g/mol. The highest BCUT2D eigenvalue weighted by atomic mass is 19.4. The fourth-order valence-electron chi connectivity index (χ4n) is 4.25. The molecule has 0 radical (unpaired) electrons. The molecule has 6 nitrogen and oxygen atoms in total. The van der Waals surface area contributed by atoms with Crippen molar-refractivity contribution in [1.29, 1.82) is 0 Å². The lowest BCUT2D eigenvalue weighted by Gasteiger charge is -2.21. The zero-order chi connectivity index (χ0) is 25.2. The Morgan fingerprint density at radius 2 is 1.60 bits per heavy atom. The molecule has 9 heteroatoms. The van der Waals surface area contributed by atoms with E-state index >= 15 is 0 Å². The molecule has 0 saturated heterocycles. The van der Waals surface area contributed by atoms with Crippen molar-refractivity contribution in [3.63, 3.8) is 0 Å². The lowest BCUT2D eigenvalue weighted by atomic mass is 9.98. The molecule has 2 unspecified atom stereocenters. The van der Waals surface area contributed by atoms with Gasteiger partial charge in [0.05, 0.1) is 12.7 Å². The average Bonchev–Trinajstić information content (AvgIpc) is 3.18. The number of aliphatic hydroxyl groups is 2. The molecule has 0 heterocycles. The van der Waals surface area contributed by atoms with Crippen LogP contribution >= 0.6 is 0 Å². The lowest BCUT2D eigenvalue weighted by molar-refractivity contribution is -0.137. The van der Waals surface area contributed by atoms with Crippen LogP contribution < -0.4 is 10.1 Å². The summed E-state index contributed by atoms with van der Waals surface area (Å²) in [6, 6.07) is 18.4. The first-order valence-electron chi connectivity index (χ1n) is 10.9. The Labute approximate surface area is 199 Å². The van der Waals surface area contributed by atoms with E-state index in [1.165, 1.54) is 13.2 Å². The first-order valence-corrected chi connectivity index (χ1v) is 10.9. The standard InChI is InChI=1S/C26H24F3NO5/c1-34-17-11-15(10-16(12-17)26(27,28)29)24(32)23(31)13-30-25(33)35-14-22-20-8-4-2-6-18(20)19-7-3-5-9-21(19)22/h2-12,22-24,31-32H,13-14H2,1H3,(H,30,33). The van der Waals surface area contributed by atoms with E-state index in [1.54, 1.807) is 0 Å². The van der Waals surface area contributed by atoms with Gasteiger partial charge in [0.15, 0.2) is 0 Å². The number of ether oxygens (including phenoxy) is 2. The van der Waals surface area contributed by atoms with E-state index in [2.05, 4.69) is 5.32 Å². The number of alkyl halides is 3. The number of carbonyl (C=O) groups is 1. The maximum Gasteiger partial charge on any atom is 0.416 e. The van der Waals surface area contributed by atoms with Crippen molar-refractivity contribution < 1.29 is 37.7 Å². The normalized spacial score (nSPS) is 14.6. The topological polar surface area (TPSA) is 88.0 Å². The molecule has 0 aliphatic heterocycles. The molecular formula is C26H24F3NO5.